The van der Waals surface area contributed by atoms with Gasteiger partial charge in [-0.05, 0) is 30.5 Å². The second-order valence-electron chi connectivity index (χ2n) is 7.66. The molecule has 0 aliphatic carbocycles. The number of nitrogens with one attached hydrogen (secondary N) is 1. The molecule has 0 aliphatic rings. The van der Waals surface area contributed by atoms with Gasteiger partial charge in [0, 0.05) is 29.8 Å². The van der Waals surface area contributed by atoms with E-state index in [2.05, 4.69) is 10.4 Å². The Hall–Kier alpha value is -4.08. The second-order valence-corrected chi connectivity index (χ2v) is 7.66. The number of non-ortho nitro benzene ring substituents is 1. The molecule has 0 saturated carbocycles. The summed E-state index contributed by atoms with van der Waals surface area (Å²) in [6, 6.07) is 10.6. The monoisotopic (exact) mass is 438 g/mol. The lowest BCUT2D eigenvalue weighted by Crippen LogP contribution is -2.29. The fraction of sp³-hybridized carbons (Fsp3) is 0.273. The summed E-state index contributed by atoms with van der Waals surface area (Å²) >= 11 is 0. The van der Waals surface area contributed by atoms with Crippen molar-refractivity contribution in [1.29, 1.82) is 0 Å². The molecule has 1 aromatic heterocycles. The number of amides is 1. The first-order valence-corrected chi connectivity index (χ1v) is 9.89. The Morgan fingerprint density at radius 1 is 1.19 bits per heavy atom. The van der Waals surface area contributed by atoms with Crippen molar-refractivity contribution in [2.45, 2.75) is 27.3 Å². The molecule has 1 amide bonds. The van der Waals surface area contributed by atoms with Gasteiger partial charge in [-0.1, -0.05) is 32.0 Å². The predicted molar refractivity (Wildman–Crippen MR) is 118 cm³/mol. The molecule has 3 aromatic rings. The van der Waals surface area contributed by atoms with E-state index >= 15 is 0 Å². The van der Waals surface area contributed by atoms with E-state index < -0.39 is 23.4 Å². The number of nitro benzene ring substituents is 1. The van der Waals surface area contributed by atoms with E-state index in [0.717, 1.165) is 0 Å². The molecule has 0 aliphatic heterocycles. The first-order valence-electron chi connectivity index (χ1n) is 9.89. The van der Waals surface area contributed by atoms with Gasteiger partial charge in [0.2, 0.25) is 0 Å². The minimum absolute atomic E-state index is 0.0554. The number of ether oxygens (including phenoxy) is 1. The molecule has 0 spiro atoms. The summed E-state index contributed by atoms with van der Waals surface area (Å²) in [7, 11) is 0. The van der Waals surface area contributed by atoms with Crippen LogP contribution in [-0.4, -0.2) is 33.2 Å². The first-order chi connectivity index (χ1) is 15.2. The van der Waals surface area contributed by atoms with Crippen molar-refractivity contribution in [3.63, 3.8) is 0 Å². The van der Waals surface area contributed by atoms with E-state index in [1.54, 1.807) is 31.2 Å². The van der Waals surface area contributed by atoms with Crippen LogP contribution in [0.25, 0.3) is 10.8 Å². The van der Waals surface area contributed by atoms with Gasteiger partial charge in [-0.3, -0.25) is 19.7 Å². The fourth-order valence-electron chi connectivity index (χ4n) is 3.14. The SMILES string of the molecule is Cc1cc([N+](=O)[O-])ccc1NC(=O)COC(=O)c1nn(CC(C)C)c(=O)c2ccccc12. The van der Waals surface area contributed by atoms with Gasteiger partial charge in [-0.25, -0.2) is 9.48 Å². The van der Waals surface area contributed by atoms with Crippen LogP contribution in [0.1, 0.15) is 29.9 Å². The normalized spacial score (nSPS) is 10.9. The number of aryl methyl sites for hydroxylation is 1. The van der Waals surface area contributed by atoms with Gasteiger partial charge in [-0.2, -0.15) is 5.10 Å². The molecule has 10 heteroatoms. The molecule has 0 saturated heterocycles. The third-order valence-electron chi connectivity index (χ3n) is 4.63. The maximum absolute atomic E-state index is 12.7. The lowest BCUT2D eigenvalue weighted by molar-refractivity contribution is -0.384. The number of esters is 1. The Labute approximate surface area is 183 Å². The van der Waals surface area contributed by atoms with Gasteiger partial charge in [-0.15, -0.1) is 0 Å². The molecule has 10 nitrogen and oxygen atoms in total. The number of rotatable bonds is 7. The number of anilines is 1. The molecule has 0 unspecified atom stereocenters. The van der Waals surface area contributed by atoms with Crippen LogP contribution in [0.5, 0.6) is 0 Å². The quantitative estimate of drug-likeness (QED) is 0.340. The zero-order chi connectivity index (χ0) is 23.4. The zero-order valence-corrected chi connectivity index (χ0v) is 17.8. The van der Waals surface area contributed by atoms with Gasteiger partial charge in [0.05, 0.1) is 10.3 Å². The Morgan fingerprint density at radius 2 is 1.88 bits per heavy atom. The first kappa shape index (κ1) is 22.6. The van der Waals surface area contributed by atoms with Gasteiger partial charge in [0.25, 0.3) is 17.2 Å². The molecule has 0 radical (unpaired) electrons. The average molecular weight is 438 g/mol. The van der Waals surface area contributed by atoms with Crippen LogP contribution in [-0.2, 0) is 16.1 Å². The van der Waals surface area contributed by atoms with Crippen LogP contribution >= 0.6 is 0 Å². The fourth-order valence-corrected chi connectivity index (χ4v) is 3.14. The third kappa shape index (κ3) is 4.97. The van der Waals surface area contributed by atoms with Crippen molar-refractivity contribution in [2.75, 3.05) is 11.9 Å². The highest BCUT2D eigenvalue weighted by molar-refractivity contribution is 6.03. The van der Waals surface area contributed by atoms with Crippen molar-refractivity contribution < 1.29 is 19.2 Å². The van der Waals surface area contributed by atoms with E-state index in [1.807, 2.05) is 13.8 Å². The number of hydrogen-bond donors (Lipinski definition) is 1. The molecule has 166 valence electrons. The molecular formula is C22H22N4O6. The number of carbonyl (C=O) groups is 2. The summed E-state index contributed by atoms with van der Waals surface area (Å²) < 4.78 is 6.36. The Kier molecular flexibility index (Phi) is 6.62. The van der Waals surface area contributed by atoms with Crippen LogP contribution in [0.4, 0.5) is 11.4 Å². The lowest BCUT2D eigenvalue weighted by Gasteiger charge is -2.12. The predicted octanol–water partition coefficient (Wildman–Crippen LogP) is 3.06. The largest absolute Gasteiger partial charge is 0.451 e. The number of nitrogens with zero attached hydrogens (tertiary/aromatic N) is 3. The minimum Gasteiger partial charge on any atom is -0.451 e. The van der Waals surface area contributed by atoms with Gasteiger partial charge in [0.15, 0.2) is 12.3 Å². The maximum Gasteiger partial charge on any atom is 0.359 e. The number of carbonyl (C=O) groups excluding carboxylic acids is 2. The molecule has 0 fully saturated rings. The van der Waals surface area contributed by atoms with Crippen LogP contribution in [0, 0.1) is 23.0 Å². The van der Waals surface area contributed by atoms with E-state index in [4.69, 9.17) is 4.74 Å². The van der Waals surface area contributed by atoms with E-state index in [0.29, 0.717) is 28.6 Å². The van der Waals surface area contributed by atoms with Crippen molar-refractivity contribution in [3.05, 3.63) is 74.2 Å². The Morgan fingerprint density at radius 3 is 2.50 bits per heavy atom. The van der Waals surface area contributed by atoms with Crippen molar-refractivity contribution in [3.8, 4) is 0 Å². The maximum atomic E-state index is 12.7. The summed E-state index contributed by atoms with van der Waals surface area (Å²) in [5.74, 6) is -1.33. The van der Waals surface area contributed by atoms with Gasteiger partial charge < -0.3 is 10.1 Å². The van der Waals surface area contributed by atoms with E-state index in [9.17, 15) is 24.5 Å². The summed E-state index contributed by atoms with van der Waals surface area (Å²) in [5.41, 5.74) is 0.400. The molecular weight excluding hydrogens is 416 g/mol. The number of fused-ring (bicyclic) bond motifs is 1. The van der Waals surface area contributed by atoms with Crippen molar-refractivity contribution in [1.82, 2.24) is 9.78 Å². The minimum atomic E-state index is -0.839. The van der Waals surface area contributed by atoms with Gasteiger partial charge >= 0.3 is 5.97 Å². The molecule has 0 atom stereocenters. The lowest BCUT2D eigenvalue weighted by atomic mass is 10.1. The number of benzene rings is 2. The summed E-state index contributed by atoms with van der Waals surface area (Å²) in [6.45, 7) is 5.19. The Balaban J connectivity index is 1.77. The summed E-state index contributed by atoms with van der Waals surface area (Å²) in [5, 5.41) is 18.2. The zero-order valence-electron chi connectivity index (χ0n) is 17.8. The summed E-state index contributed by atoms with van der Waals surface area (Å²) in [6.07, 6.45) is 0. The number of hydrogen-bond acceptors (Lipinski definition) is 7. The molecule has 32 heavy (non-hydrogen) atoms. The molecule has 3 rings (SSSR count). The average Bonchev–Trinajstić information content (AvgIpc) is 2.75. The Bertz CT molecular complexity index is 1270. The topological polar surface area (TPSA) is 133 Å². The second kappa shape index (κ2) is 9.38. The standard InChI is InChI=1S/C22H22N4O6/c1-13(2)11-25-21(28)17-7-5-4-6-16(17)20(24-25)22(29)32-12-19(27)23-18-9-8-15(26(30)31)10-14(18)3/h4-10,13H,11-12H2,1-3H3,(H,23,27). The van der Waals surface area contributed by atoms with E-state index in [-0.39, 0.29) is 22.9 Å². The highest BCUT2D eigenvalue weighted by atomic mass is 16.6. The molecule has 1 N–H and O–H groups in total. The number of aromatic nitrogens is 2. The van der Waals surface area contributed by atoms with Crippen molar-refractivity contribution in [2.24, 2.45) is 5.92 Å². The van der Waals surface area contributed by atoms with Crippen LogP contribution in [0.15, 0.2) is 47.3 Å². The van der Waals surface area contributed by atoms with Crippen LogP contribution < -0.4 is 10.9 Å². The number of nitro groups is 1. The smallest absolute Gasteiger partial charge is 0.359 e. The highest BCUT2D eigenvalue weighted by Gasteiger charge is 2.20. The molecule has 0 bridgehead atoms. The van der Waals surface area contributed by atoms with E-state index in [1.165, 1.54) is 22.9 Å². The van der Waals surface area contributed by atoms with Gasteiger partial charge in [0.1, 0.15) is 0 Å². The third-order valence-corrected chi connectivity index (χ3v) is 4.63. The van der Waals surface area contributed by atoms with Crippen LogP contribution in [0.3, 0.4) is 0 Å². The highest BCUT2D eigenvalue weighted by Crippen LogP contribution is 2.21. The molecule has 1 heterocycles. The van der Waals surface area contributed by atoms with Crippen molar-refractivity contribution >= 4 is 34.0 Å². The summed E-state index contributed by atoms with van der Waals surface area (Å²) in [4.78, 5) is 47.9. The molecule has 2 aromatic carbocycles. The van der Waals surface area contributed by atoms with Crippen LogP contribution in [0.2, 0.25) is 0 Å².